The average Bonchev–Trinajstić information content (AvgIpc) is 2.76. The molecule has 2 heterocycles. The van der Waals surface area contributed by atoms with Gasteiger partial charge in [0.2, 0.25) is 0 Å². The van der Waals surface area contributed by atoms with Gasteiger partial charge in [-0.1, -0.05) is 19.9 Å². The van der Waals surface area contributed by atoms with Gasteiger partial charge in [-0.2, -0.15) is 0 Å². The van der Waals surface area contributed by atoms with Crippen LogP contribution >= 0.6 is 0 Å². The fourth-order valence-corrected chi connectivity index (χ4v) is 4.89. The highest BCUT2D eigenvalue weighted by atomic mass is 16.5. The van der Waals surface area contributed by atoms with E-state index in [1.807, 2.05) is 38.1 Å². The number of amides is 1. The maximum absolute atomic E-state index is 13.7. The molecule has 0 fully saturated rings. The lowest BCUT2D eigenvalue weighted by Crippen LogP contribution is -2.39. The number of rotatable bonds is 5. The number of methoxy groups -OCH3 is 2. The molecule has 178 valence electrons. The van der Waals surface area contributed by atoms with Crippen LogP contribution in [0, 0.1) is 12.3 Å². The molecule has 0 spiro atoms. The van der Waals surface area contributed by atoms with Gasteiger partial charge in [0.1, 0.15) is 17.3 Å². The summed E-state index contributed by atoms with van der Waals surface area (Å²) >= 11 is 0. The van der Waals surface area contributed by atoms with Crippen LogP contribution in [0.15, 0.2) is 59.1 Å². The smallest absolute Gasteiger partial charge is 0.255 e. The summed E-state index contributed by atoms with van der Waals surface area (Å²) in [6.07, 6.45) is 2.78. The Labute approximate surface area is 200 Å². The van der Waals surface area contributed by atoms with Crippen molar-refractivity contribution in [1.29, 1.82) is 0 Å². The lowest BCUT2D eigenvalue weighted by atomic mass is 9.68. The van der Waals surface area contributed by atoms with E-state index in [-0.39, 0.29) is 17.1 Å². The molecule has 1 unspecified atom stereocenters. The van der Waals surface area contributed by atoms with Crippen molar-refractivity contribution in [3.63, 3.8) is 0 Å². The summed E-state index contributed by atoms with van der Waals surface area (Å²) in [7, 11) is 3.16. The molecule has 7 heteroatoms. The highest BCUT2D eigenvalue weighted by Crippen LogP contribution is 2.49. The number of benzene rings is 1. The number of allylic oxidation sites excluding steroid dienone is 3. The molecule has 0 radical (unpaired) electrons. The Hall–Kier alpha value is -3.61. The first-order valence-corrected chi connectivity index (χ1v) is 11.3. The van der Waals surface area contributed by atoms with Crippen molar-refractivity contribution in [2.24, 2.45) is 5.41 Å². The Bertz CT molecular complexity index is 1230. The van der Waals surface area contributed by atoms with Gasteiger partial charge >= 0.3 is 0 Å². The number of nitrogens with zero attached hydrogens (tertiary/aromatic N) is 1. The highest BCUT2D eigenvalue weighted by molar-refractivity contribution is 6.09. The average molecular weight is 462 g/mol. The molecule has 1 atom stereocenters. The van der Waals surface area contributed by atoms with Gasteiger partial charge in [-0.05, 0) is 49.4 Å². The lowest BCUT2D eigenvalue weighted by molar-refractivity contribution is -0.118. The van der Waals surface area contributed by atoms with E-state index in [9.17, 15) is 9.59 Å². The molecule has 2 aromatic rings. The number of Topliss-reactive ketones (excluding diaryl/α,β-unsaturated/α-hetero) is 1. The first-order valence-electron chi connectivity index (χ1n) is 11.3. The molecule has 2 N–H and O–H groups in total. The standard InChI is InChI=1S/C27H31N3O4/c1-15-9-10-28-22(11-15)30-26(32)23-16(2)29-19-13-27(3,4)14-20(31)25(19)24(23)18-8-7-17(33-5)12-21(18)34-6/h7-12,24,29H,13-14H2,1-6H3,(H,28,30,32). The Kier molecular flexibility index (Phi) is 6.21. The molecule has 4 rings (SSSR count). The van der Waals surface area contributed by atoms with E-state index in [0.717, 1.165) is 16.8 Å². The van der Waals surface area contributed by atoms with Crippen LogP contribution in [0.2, 0.25) is 0 Å². The summed E-state index contributed by atoms with van der Waals surface area (Å²) in [6.45, 7) is 7.99. The highest BCUT2D eigenvalue weighted by Gasteiger charge is 2.43. The zero-order valence-corrected chi connectivity index (χ0v) is 20.5. The van der Waals surface area contributed by atoms with Crippen molar-refractivity contribution < 1.29 is 19.1 Å². The topological polar surface area (TPSA) is 89.5 Å². The number of hydrogen-bond acceptors (Lipinski definition) is 6. The summed E-state index contributed by atoms with van der Waals surface area (Å²) in [5.74, 6) is 0.799. The van der Waals surface area contributed by atoms with Gasteiger partial charge in [-0.3, -0.25) is 9.59 Å². The molecular formula is C27H31N3O4. The minimum atomic E-state index is -0.578. The fourth-order valence-electron chi connectivity index (χ4n) is 4.89. The van der Waals surface area contributed by atoms with E-state index in [0.29, 0.717) is 47.0 Å². The summed E-state index contributed by atoms with van der Waals surface area (Å²) in [6, 6.07) is 9.15. The minimum absolute atomic E-state index is 0.0353. The third-order valence-corrected chi connectivity index (χ3v) is 6.39. The van der Waals surface area contributed by atoms with Crippen molar-refractivity contribution in [2.45, 2.75) is 46.5 Å². The Morgan fingerprint density at radius 3 is 2.56 bits per heavy atom. The van der Waals surface area contributed by atoms with Gasteiger partial charge in [-0.15, -0.1) is 0 Å². The predicted octanol–water partition coefficient (Wildman–Crippen LogP) is 4.65. The van der Waals surface area contributed by atoms with Crippen molar-refractivity contribution in [3.8, 4) is 11.5 Å². The molecule has 0 saturated heterocycles. The Morgan fingerprint density at radius 2 is 1.88 bits per heavy atom. The third-order valence-electron chi connectivity index (χ3n) is 6.39. The fraction of sp³-hybridized carbons (Fsp3) is 0.370. The first kappa shape index (κ1) is 23.5. The van der Waals surface area contributed by atoms with Crippen molar-refractivity contribution in [1.82, 2.24) is 10.3 Å². The number of nitrogens with one attached hydrogen (secondary N) is 2. The van der Waals surface area contributed by atoms with Crippen molar-refractivity contribution in [3.05, 3.63) is 70.2 Å². The zero-order chi connectivity index (χ0) is 24.6. The first-order chi connectivity index (χ1) is 16.1. The van der Waals surface area contributed by atoms with E-state index in [1.54, 1.807) is 26.5 Å². The normalized spacial score (nSPS) is 19.4. The predicted molar refractivity (Wildman–Crippen MR) is 131 cm³/mol. The van der Waals surface area contributed by atoms with Crippen LogP contribution in [0.1, 0.15) is 50.7 Å². The molecule has 1 aromatic carbocycles. The molecule has 0 bridgehead atoms. The molecule has 34 heavy (non-hydrogen) atoms. The monoisotopic (exact) mass is 461 g/mol. The summed E-state index contributed by atoms with van der Waals surface area (Å²) < 4.78 is 11.1. The number of ketones is 1. The second kappa shape index (κ2) is 8.97. The van der Waals surface area contributed by atoms with Crippen LogP contribution in [0.5, 0.6) is 11.5 Å². The van der Waals surface area contributed by atoms with E-state index >= 15 is 0 Å². The van der Waals surface area contributed by atoms with Gasteiger partial charge in [0, 0.05) is 46.8 Å². The van der Waals surface area contributed by atoms with Gasteiger partial charge in [-0.25, -0.2) is 4.98 Å². The van der Waals surface area contributed by atoms with E-state index in [4.69, 9.17) is 9.47 Å². The molecule has 1 aliphatic carbocycles. The summed E-state index contributed by atoms with van der Waals surface area (Å²) in [4.78, 5) is 31.4. The van der Waals surface area contributed by atoms with Crippen molar-refractivity contribution in [2.75, 3.05) is 19.5 Å². The number of aromatic nitrogens is 1. The largest absolute Gasteiger partial charge is 0.497 e. The minimum Gasteiger partial charge on any atom is -0.497 e. The molecular weight excluding hydrogens is 430 g/mol. The zero-order valence-electron chi connectivity index (χ0n) is 20.5. The van der Waals surface area contributed by atoms with Gasteiger partial charge in [0.25, 0.3) is 5.91 Å². The van der Waals surface area contributed by atoms with E-state index in [1.165, 1.54) is 0 Å². The number of aryl methyl sites for hydroxylation is 1. The Morgan fingerprint density at radius 1 is 1.12 bits per heavy atom. The van der Waals surface area contributed by atoms with Crippen molar-refractivity contribution >= 4 is 17.5 Å². The van der Waals surface area contributed by atoms with E-state index < -0.39 is 5.92 Å². The number of pyridine rings is 1. The maximum Gasteiger partial charge on any atom is 0.255 e. The van der Waals surface area contributed by atoms with Gasteiger partial charge < -0.3 is 20.1 Å². The number of hydrogen-bond donors (Lipinski definition) is 2. The molecule has 1 amide bonds. The number of dihydropyridines is 1. The Balaban J connectivity index is 1.86. The number of anilines is 1. The van der Waals surface area contributed by atoms with Crippen LogP contribution in [0.4, 0.5) is 5.82 Å². The summed E-state index contributed by atoms with van der Waals surface area (Å²) in [5.41, 5.74) is 4.23. The number of carbonyl (C=O) groups excluding carboxylic acids is 2. The van der Waals surface area contributed by atoms with Crippen LogP contribution in [0.25, 0.3) is 0 Å². The third kappa shape index (κ3) is 4.42. The summed E-state index contributed by atoms with van der Waals surface area (Å²) in [5, 5.41) is 6.31. The molecule has 1 aromatic heterocycles. The van der Waals surface area contributed by atoms with Crippen LogP contribution in [-0.2, 0) is 9.59 Å². The number of ether oxygens (including phenoxy) is 2. The lowest BCUT2D eigenvalue weighted by Gasteiger charge is -2.40. The SMILES string of the molecule is COc1ccc(C2C(C(=O)Nc3cc(C)ccn3)=C(C)NC3=C2C(=O)CC(C)(C)C3)c(OC)c1. The molecule has 0 saturated carbocycles. The second-order valence-electron chi connectivity index (χ2n) is 9.71. The number of carbonyl (C=O) groups is 2. The molecule has 1 aliphatic heterocycles. The van der Waals surface area contributed by atoms with Crippen LogP contribution < -0.4 is 20.1 Å². The molecule has 7 nitrogen and oxygen atoms in total. The van der Waals surface area contributed by atoms with Gasteiger partial charge in [0.15, 0.2) is 5.78 Å². The van der Waals surface area contributed by atoms with Crippen LogP contribution in [-0.4, -0.2) is 30.9 Å². The second-order valence-corrected chi connectivity index (χ2v) is 9.71. The van der Waals surface area contributed by atoms with Gasteiger partial charge in [0.05, 0.1) is 20.1 Å². The quantitative estimate of drug-likeness (QED) is 0.674. The van der Waals surface area contributed by atoms with E-state index in [2.05, 4.69) is 29.5 Å². The maximum atomic E-state index is 13.7. The van der Waals surface area contributed by atoms with Crippen LogP contribution in [0.3, 0.4) is 0 Å². The molecule has 2 aliphatic rings.